The molecule has 0 aliphatic carbocycles. The Labute approximate surface area is 86.3 Å². The number of hydrogen-bond acceptors (Lipinski definition) is 3. The van der Waals surface area contributed by atoms with Gasteiger partial charge in [0.25, 0.3) is 0 Å². The average Bonchev–Trinajstić information content (AvgIpc) is 2.00. The highest BCUT2D eigenvalue weighted by atomic mass is 16.4. The maximum atomic E-state index is 10.8. The van der Waals surface area contributed by atoms with Crippen molar-refractivity contribution in [3.8, 4) is 0 Å². The lowest BCUT2D eigenvalue weighted by Crippen LogP contribution is -2.41. The number of hydrogen-bond donors (Lipinski definition) is 2. The summed E-state index contributed by atoms with van der Waals surface area (Å²) in [6.45, 7) is 5.64. The summed E-state index contributed by atoms with van der Waals surface area (Å²) in [5.41, 5.74) is 0. The summed E-state index contributed by atoms with van der Waals surface area (Å²) in [5, 5.41) is 12.0. The third-order valence-electron chi connectivity index (χ3n) is 1.95. The SMILES string of the molecule is CC(C)CC(NCCN(C)C)C(=O)O. The molecule has 2 N–H and O–H groups in total. The Morgan fingerprint density at radius 3 is 2.36 bits per heavy atom. The van der Waals surface area contributed by atoms with E-state index in [2.05, 4.69) is 5.32 Å². The van der Waals surface area contributed by atoms with Crippen molar-refractivity contribution in [2.24, 2.45) is 5.92 Å². The zero-order chi connectivity index (χ0) is 11.1. The van der Waals surface area contributed by atoms with Crippen LogP contribution < -0.4 is 5.32 Å². The van der Waals surface area contributed by atoms with Gasteiger partial charge in [-0.2, -0.15) is 0 Å². The summed E-state index contributed by atoms with van der Waals surface area (Å²) in [7, 11) is 3.94. The summed E-state index contributed by atoms with van der Waals surface area (Å²) in [6.07, 6.45) is 0.683. The Balaban J connectivity index is 3.80. The van der Waals surface area contributed by atoms with E-state index in [-0.39, 0.29) is 0 Å². The molecule has 0 bridgehead atoms. The van der Waals surface area contributed by atoms with Crippen LogP contribution in [0.5, 0.6) is 0 Å². The van der Waals surface area contributed by atoms with Crippen LogP contribution in [0.2, 0.25) is 0 Å². The standard InChI is InChI=1S/C10H22N2O2/c1-8(2)7-9(10(13)14)11-5-6-12(3)4/h8-9,11H,5-7H2,1-4H3,(H,13,14). The van der Waals surface area contributed by atoms with Crippen LogP contribution in [0.3, 0.4) is 0 Å². The molecule has 4 heteroatoms. The van der Waals surface area contributed by atoms with E-state index in [0.717, 1.165) is 13.1 Å². The number of aliphatic carboxylic acids is 1. The fourth-order valence-corrected chi connectivity index (χ4v) is 1.21. The van der Waals surface area contributed by atoms with Crippen molar-refractivity contribution in [2.75, 3.05) is 27.2 Å². The van der Waals surface area contributed by atoms with Gasteiger partial charge >= 0.3 is 5.97 Å². The quantitative estimate of drug-likeness (QED) is 0.636. The maximum Gasteiger partial charge on any atom is 0.320 e. The van der Waals surface area contributed by atoms with Gasteiger partial charge in [-0.3, -0.25) is 4.79 Å². The second kappa shape index (κ2) is 6.79. The first-order valence-corrected chi connectivity index (χ1v) is 5.04. The number of nitrogens with zero attached hydrogens (tertiary/aromatic N) is 1. The van der Waals surface area contributed by atoms with Gasteiger partial charge < -0.3 is 15.3 Å². The molecule has 1 unspecified atom stereocenters. The van der Waals surface area contributed by atoms with E-state index in [4.69, 9.17) is 5.11 Å². The van der Waals surface area contributed by atoms with Gasteiger partial charge in [-0.25, -0.2) is 0 Å². The van der Waals surface area contributed by atoms with Crippen LogP contribution in [0.25, 0.3) is 0 Å². The Bertz CT molecular complexity index is 170. The molecule has 1 atom stereocenters. The molecule has 0 rings (SSSR count). The predicted octanol–water partition coefficient (Wildman–Crippen LogP) is 0.637. The van der Waals surface area contributed by atoms with Gasteiger partial charge in [0.15, 0.2) is 0 Å². The lowest BCUT2D eigenvalue weighted by atomic mass is 10.0. The molecule has 14 heavy (non-hydrogen) atoms. The first-order chi connectivity index (χ1) is 6.43. The van der Waals surface area contributed by atoms with Crippen LogP contribution in [-0.2, 0) is 4.79 Å². The third-order valence-corrected chi connectivity index (χ3v) is 1.95. The van der Waals surface area contributed by atoms with Gasteiger partial charge in [-0.1, -0.05) is 13.8 Å². The van der Waals surface area contributed by atoms with E-state index in [9.17, 15) is 4.79 Å². The van der Waals surface area contributed by atoms with Gasteiger partial charge in [0.1, 0.15) is 6.04 Å². The molecule has 0 aliphatic heterocycles. The highest BCUT2D eigenvalue weighted by Gasteiger charge is 2.17. The van der Waals surface area contributed by atoms with Crippen molar-refractivity contribution < 1.29 is 9.90 Å². The van der Waals surface area contributed by atoms with Crippen LogP contribution in [0.15, 0.2) is 0 Å². The van der Waals surface area contributed by atoms with Crippen LogP contribution in [0, 0.1) is 5.92 Å². The summed E-state index contributed by atoms with van der Waals surface area (Å²) >= 11 is 0. The molecular formula is C10H22N2O2. The van der Waals surface area contributed by atoms with E-state index in [0.29, 0.717) is 12.3 Å². The highest BCUT2D eigenvalue weighted by molar-refractivity contribution is 5.73. The largest absolute Gasteiger partial charge is 0.480 e. The number of carboxylic acids is 1. The molecule has 0 radical (unpaired) electrons. The Hall–Kier alpha value is -0.610. The number of likely N-dealkylation sites (N-methyl/N-ethyl adjacent to an activating group) is 1. The fraction of sp³-hybridized carbons (Fsp3) is 0.900. The molecule has 4 nitrogen and oxygen atoms in total. The van der Waals surface area contributed by atoms with Gasteiger partial charge in [0.05, 0.1) is 0 Å². The molecule has 0 aliphatic rings. The zero-order valence-electron chi connectivity index (χ0n) is 9.58. The Kier molecular flexibility index (Phi) is 6.49. The summed E-state index contributed by atoms with van der Waals surface area (Å²) in [4.78, 5) is 12.9. The predicted molar refractivity (Wildman–Crippen MR) is 57.4 cm³/mol. The zero-order valence-corrected chi connectivity index (χ0v) is 9.58. The second-order valence-electron chi connectivity index (χ2n) is 4.28. The molecule has 0 spiro atoms. The van der Waals surface area contributed by atoms with Gasteiger partial charge in [-0.05, 0) is 26.4 Å². The third kappa shape index (κ3) is 6.86. The molecule has 0 aromatic heterocycles. The van der Waals surface area contributed by atoms with Crippen molar-refractivity contribution in [2.45, 2.75) is 26.3 Å². The van der Waals surface area contributed by atoms with E-state index >= 15 is 0 Å². The summed E-state index contributed by atoms with van der Waals surface area (Å²) < 4.78 is 0. The topological polar surface area (TPSA) is 52.6 Å². The number of carbonyl (C=O) groups is 1. The fourth-order valence-electron chi connectivity index (χ4n) is 1.21. The molecular weight excluding hydrogens is 180 g/mol. The molecule has 0 aromatic carbocycles. The minimum absolute atomic E-state index is 0.406. The minimum Gasteiger partial charge on any atom is -0.480 e. The van der Waals surface area contributed by atoms with Crippen LogP contribution in [0.1, 0.15) is 20.3 Å². The maximum absolute atomic E-state index is 10.8. The van der Waals surface area contributed by atoms with Crippen molar-refractivity contribution in [3.05, 3.63) is 0 Å². The Morgan fingerprint density at radius 2 is 2.00 bits per heavy atom. The number of carboxylic acid groups (broad SMARTS) is 1. The van der Waals surface area contributed by atoms with Crippen LogP contribution >= 0.6 is 0 Å². The lowest BCUT2D eigenvalue weighted by Gasteiger charge is -2.17. The van der Waals surface area contributed by atoms with E-state index in [1.807, 2.05) is 32.8 Å². The van der Waals surface area contributed by atoms with Crippen molar-refractivity contribution in [1.29, 1.82) is 0 Å². The second-order valence-corrected chi connectivity index (χ2v) is 4.28. The average molecular weight is 202 g/mol. The first-order valence-electron chi connectivity index (χ1n) is 5.04. The van der Waals surface area contributed by atoms with Crippen LogP contribution in [-0.4, -0.2) is 49.2 Å². The number of nitrogens with one attached hydrogen (secondary N) is 1. The normalized spacial score (nSPS) is 13.6. The first kappa shape index (κ1) is 13.4. The van der Waals surface area contributed by atoms with Crippen molar-refractivity contribution in [3.63, 3.8) is 0 Å². The summed E-state index contributed by atoms with van der Waals surface area (Å²) in [6, 6.07) is -0.407. The monoisotopic (exact) mass is 202 g/mol. The van der Waals surface area contributed by atoms with Gasteiger partial charge in [0.2, 0.25) is 0 Å². The van der Waals surface area contributed by atoms with Gasteiger partial charge in [0, 0.05) is 13.1 Å². The Morgan fingerprint density at radius 1 is 1.43 bits per heavy atom. The molecule has 0 amide bonds. The van der Waals surface area contributed by atoms with Crippen molar-refractivity contribution >= 4 is 5.97 Å². The van der Waals surface area contributed by atoms with Gasteiger partial charge in [-0.15, -0.1) is 0 Å². The highest BCUT2D eigenvalue weighted by Crippen LogP contribution is 2.04. The number of rotatable bonds is 7. The lowest BCUT2D eigenvalue weighted by molar-refractivity contribution is -0.139. The van der Waals surface area contributed by atoms with E-state index in [1.54, 1.807) is 0 Å². The van der Waals surface area contributed by atoms with E-state index in [1.165, 1.54) is 0 Å². The molecule has 0 fully saturated rings. The molecule has 84 valence electrons. The molecule has 0 saturated heterocycles. The minimum atomic E-state index is -0.752. The molecule has 0 heterocycles. The molecule has 0 aromatic rings. The van der Waals surface area contributed by atoms with E-state index < -0.39 is 12.0 Å². The van der Waals surface area contributed by atoms with Crippen LogP contribution in [0.4, 0.5) is 0 Å². The molecule has 0 saturated carbocycles. The van der Waals surface area contributed by atoms with Crippen molar-refractivity contribution in [1.82, 2.24) is 10.2 Å². The summed E-state index contributed by atoms with van der Waals surface area (Å²) in [5.74, 6) is -0.347. The smallest absolute Gasteiger partial charge is 0.320 e.